The number of carbonyl (C=O) groups is 1. The van der Waals surface area contributed by atoms with Crippen molar-refractivity contribution in [1.29, 1.82) is 0 Å². The molecule has 26 heavy (non-hydrogen) atoms. The Hall–Kier alpha value is -3.41. The van der Waals surface area contributed by atoms with Crippen molar-refractivity contribution in [3.63, 3.8) is 0 Å². The zero-order valence-corrected chi connectivity index (χ0v) is 14.2. The SMILES string of the molecule is Cc1noc(C)c1-c1c(C=O)c2cccc(F)c2n1-c1ccc(O)cc1. The van der Waals surface area contributed by atoms with Gasteiger partial charge in [0.05, 0.1) is 22.5 Å². The zero-order valence-electron chi connectivity index (χ0n) is 14.2. The average Bonchev–Trinajstić information content (AvgIpc) is 3.13. The van der Waals surface area contributed by atoms with Crippen LogP contribution in [0.4, 0.5) is 4.39 Å². The van der Waals surface area contributed by atoms with Crippen LogP contribution in [0.2, 0.25) is 0 Å². The summed E-state index contributed by atoms with van der Waals surface area (Å²) >= 11 is 0. The van der Waals surface area contributed by atoms with E-state index in [4.69, 9.17) is 4.52 Å². The van der Waals surface area contributed by atoms with E-state index in [1.807, 2.05) is 0 Å². The molecular weight excluding hydrogens is 335 g/mol. The fourth-order valence-electron chi connectivity index (χ4n) is 3.37. The molecule has 2 heterocycles. The molecule has 6 heteroatoms. The van der Waals surface area contributed by atoms with E-state index in [1.165, 1.54) is 18.2 Å². The number of phenolic OH excluding ortho intramolecular Hbond substituents is 1. The van der Waals surface area contributed by atoms with Gasteiger partial charge < -0.3 is 14.2 Å². The van der Waals surface area contributed by atoms with Crippen LogP contribution >= 0.6 is 0 Å². The van der Waals surface area contributed by atoms with Crippen molar-refractivity contribution < 1.29 is 18.8 Å². The molecule has 0 bridgehead atoms. The highest BCUT2D eigenvalue weighted by Gasteiger charge is 2.26. The van der Waals surface area contributed by atoms with Crippen LogP contribution in [0, 0.1) is 19.7 Å². The molecule has 0 unspecified atom stereocenters. The highest BCUT2D eigenvalue weighted by Crippen LogP contribution is 2.39. The monoisotopic (exact) mass is 350 g/mol. The topological polar surface area (TPSA) is 68.3 Å². The second-order valence-electron chi connectivity index (χ2n) is 6.07. The fraction of sp³-hybridized carbons (Fsp3) is 0.100. The van der Waals surface area contributed by atoms with E-state index in [-0.39, 0.29) is 11.3 Å². The molecule has 1 N–H and O–H groups in total. The van der Waals surface area contributed by atoms with Crippen LogP contribution in [-0.4, -0.2) is 21.1 Å². The van der Waals surface area contributed by atoms with Gasteiger partial charge in [-0.1, -0.05) is 17.3 Å². The number of rotatable bonds is 3. The van der Waals surface area contributed by atoms with Crippen molar-refractivity contribution in [2.45, 2.75) is 13.8 Å². The van der Waals surface area contributed by atoms with E-state index >= 15 is 0 Å². The van der Waals surface area contributed by atoms with Crippen molar-refractivity contribution in [3.8, 4) is 22.7 Å². The van der Waals surface area contributed by atoms with E-state index < -0.39 is 5.82 Å². The van der Waals surface area contributed by atoms with Gasteiger partial charge in [0.25, 0.3) is 0 Å². The van der Waals surface area contributed by atoms with Crippen LogP contribution in [-0.2, 0) is 0 Å². The quantitative estimate of drug-likeness (QED) is 0.550. The second-order valence-corrected chi connectivity index (χ2v) is 6.07. The minimum atomic E-state index is -0.448. The summed E-state index contributed by atoms with van der Waals surface area (Å²) in [5, 5.41) is 14.1. The van der Waals surface area contributed by atoms with Crippen molar-refractivity contribution in [1.82, 2.24) is 9.72 Å². The molecule has 2 aromatic heterocycles. The highest BCUT2D eigenvalue weighted by molar-refractivity contribution is 6.06. The molecule has 0 atom stereocenters. The molecule has 0 fully saturated rings. The molecule has 0 saturated heterocycles. The molecule has 0 saturated carbocycles. The summed E-state index contributed by atoms with van der Waals surface area (Å²) in [5.74, 6) is 0.186. The largest absolute Gasteiger partial charge is 0.508 e. The summed E-state index contributed by atoms with van der Waals surface area (Å²) in [6.07, 6.45) is 0.722. The lowest BCUT2D eigenvalue weighted by Crippen LogP contribution is -2.00. The smallest absolute Gasteiger partial charge is 0.152 e. The Bertz CT molecular complexity index is 1120. The first kappa shape index (κ1) is 16.1. The van der Waals surface area contributed by atoms with Crippen molar-refractivity contribution in [2.24, 2.45) is 0 Å². The minimum Gasteiger partial charge on any atom is -0.508 e. The summed E-state index contributed by atoms with van der Waals surface area (Å²) < 4.78 is 21.7. The van der Waals surface area contributed by atoms with E-state index in [2.05, 4.69) is 5.16 Å². The molecule has 130 valence electrons. The number of halogens is 1. The van der Waals surface area contributed by atoms with Gasteiger partial charge in [0.15, 0.2) is 6.29 Å². The number of aryl methyl sites for hydroxylation is 2. The van der Waals surface area contributed by atoms with Crippen molar-refractivity contribution in [3.05, 3.63) is 65.3 Å². The number of carbonyl (C=O) groups excluding carboxylic acids is 1. The predicted octanol–water partition coefficient (Wildman–Crippen LogP) is 4.56. The van der Waals surface area contributed by atoms with Crippen LogP contribution in [0.1, 0.15) is 21.8 Å². The van der Waals surface area contributed by atoms with Crippen LogP contribution in [0.15, 0.2) is 47.0 Å². The van der Waals surface area contributed by atoms with Gasteiger partial charge in [-0.05, 0) is 44.2 Å². The standard InChI is InChI=1S/C20H15FN2O3/c1-11-18(12(2)26-22-11)20-16(10-24)15-4-3-5-17(21)19(15)23(20)13-6-8-14(25)9-7-13/h3-10,25H,1-2H3. The summed E-state index contributed by atoms with van der Waals surface area (Å²) in [5.41, 5.74) is 3.03. The molecular formula is C20H15FN2O3. The van der Waals surface area contributed by atoms with Crippen LogP contribution in [0.5, 0.6) is 5.75 Å². The summed E-state index contributed by atoms with van der Waals surface area (Å²) in [4.78, 5) is 11.9. The van der Waals surface area contributed by atoms with Crippen molar-refractivity contribution >= 4 is 17.2 Å². The molecule has 4 rings (SSSR count). The van der Waals surface area contributed by atoms with Crippen molar-refractivity contribution in [2.75, 3.05) is 0 Å². The van der Waals surface area contributed by atoms with E-state index in [0.29, 0.717) is 39.3 Å². The van der Waals surface area contributed by atoms with Gasteiger partial charge in [0.2, 0.25) is 0 Å². The number of phenols is 1. The Morgan fingerprint density at radius 3 is 2.50 bits per heavy atom. The van der Waals surface area contributed by atoms with E-state index in [1.54, 1.807) is 42.7 Å². The molecule has 2 aromatic carbocycles. The maximum absolute atomic E-state index is 14.8. The summed E-state index contributed by atoms with van der Waals surface area (Å²) in [6.45, 7) is 3.52. The van der Waals surface area contributed by atoms with Gasteiger partial charge in [-0.2, -0.15) is 0 Å². The lowest BCUT2D eigenvalue weighted by Gasteiger charge is -2.12. The van der Waals surface area contributed by atoms with E-state index in [0.717, 1.165) is 6.29 Å². The molecule has 0 spiro atoms. The number of hydrogen-bond donors (Lipinski definition) is 1. The van der Waals surface area contributed by atoms with Crippen LogP contribution in [0.3, 0.4) is 0 Å². The number of aromatic hydroxyl groups is 1. The Kier molecular flexibility index (Phi) is 3.61. The number of para-hydroxylation sites is 1. The van der Waals surface area contributed by atoms with Gasteiger partial charge in [-0.3, -0.25) is 4.79 Å². The zero-order chi connectivity index (χ0) is 18.4. The first-order chi connectivity index (χ1) is 12.5. The van der Waals surface area contributed by atoms with Gasteiger partial charge in [0.1, 0.15) is 17.3 Å². The summed E-state index contributed by atoms with van der Waals surface area (Å²) in [7, 11) is 0. The molecule has 4 aromatic rings. The van der Waals surface area contributed by atoms with Gasteiger partial charge in [0, 0.05) is 16.6 Å². The highest BCUT2D eigenvalue weighted by atomic mass is 19.1. The fourth-order valence-corrected chi connectivity index (χ4v) is 3.37. The second kappa shape index (κ2) is 5.84. The Balaban J connectivity index is 2.23. The lowest BCUT2D eigenvalue weighted by atomic mass is 10.0. The third-order valence-electron chi connectivity index (χ3n) is 4.48. The Morgan fingerprint density at radius 2 is 1.88 bits per heavy atom. The third-order valence-corrected chi connectivity index (χ3v) is 4.48. The number of aldehydes is 1. The molecule has 0 amide bonds. The number of fused-ring (bicyclic) bond motifs is 1. The number of aromatic nitrogens is 2. The summed E-state index contributed by atoms with van der Waals surface area (Å²) in [6, 6.07) is 11.0. The van der Waals surface area contributed by atoms with E-state index in [9.17, 15) is 14.3 Å². The first-order valence-electron chi connectivity index (χ1n) is 8.03. The van der Waals surface area contributed by atoms with Gasteiger partial charge >= 0.3 is 0 Å². The maximum Gasteiger partial charge on any atom is 0.152 e. The molecule has 0 aliphatic carbocycles. The Labute approximate surface area is 148 Å². The van der Waals surface area contributed by atoms with Gasteiger partial charge in [-0.15, -0.1) is 0 Å². The van der Waals surface area contributed by atoms with Crippen LogP contribution in [0.25, 0.3) is 27.8 Å². The molecule has 0 aliphatic rings. The Morgan fingerprint density at radius 1 is 1.15 bits per heavy atom. The average molecular weight is 350 g/mol. The first-order valence-corrected chi connectivity index (χ1v) is 8.03. The molecule has 0 radical (unpaired) electrons. The number of hydrogen-bond acceptors (Lipinski definition) is 4. The third kappa shape index (κ3) is 2.23. The molecule has 5 nitrogen and oxygen atoms in total. The molecule has 0 aliphatic heterocycles. The number of benzene rings is 2. The lowest BCUT2D eigenvalue weighted by molar-refractivity contribution is 0.112. The number of nitrogens with zero attached hydrogens (tertiary/aromatic N) is 2. The normalized spacial score (nSPS) is 11.2. The maximum atomic E-state index is 14.8. The predicted molar refractivity (Wildman–Crippen MR) is 95.3 cm³/mol. The van der Waals surface area contributed by atoms with Gasteiger partial charge in [-0.25, -0.2) is 4.39 Å². The minimum absolute atomic E-state index is 0.0974. The van der Waals surface area contributed by atoms with Crippen LogP contribution < -0.4 is 0 Å².